The summed E-state index contributed by atoms with van der Waals surface area (Å²) < 4.78 is 5.52. The molecule has 0 aliphatic heterocycles. The first kappa shape index (κ1) is 88.3. The molecule has 6 heteroatoms. The second kappa shape index (κ2) is 79.8. The standard InChI is InChI=1S/C84H163NO5/c1-3-5-7-9-11-13-15-17-19-21-41-46-50-54-58-62-66-70-74-78-84(89)90-79-75-71-67-63-59-55-51-47-43-40-38-36-34-32-30-28-26-24-22-23-25-27-29-31-33-35-37-39-42-45-49-53-57-61-65-69-73-77-83(88)85-81(80-86)82(87)76-72-68-64-60-56-52-48-44-20-18-16-14-12-10-8-6-4-2/h22,24,28,30,81-82,86-87H,3-21,23,25-27,29,31-80H2,1-2H3,(H,85,88)/b24-22-,30-28-. The zero-order valence-corrected chi connectivity index (χ0v) is 61.4. The van der Waals surface area contributed by atoms with E-state index >= 15 is 0 Å². The molecule has 0 radical (unpaired) electrons. The molecule has 3 N–H and O–H groups in total. The molecular weight excluding hydrogens is 1100 g/mol. The fourth-order valence-electron chi connectivity index (χ4n) is 13.4. The van der Waals surface area contributed by atoms with E-state index in [9.17, 15) is 19.8 Å². The van der Waals surface area contributed by atoms with Crippen LogP contribution in [0.5, 0.6) is 0 Å². The van der Waals surface area contributed by atoms with E-state index in [4.69, 9.17) is 4.74 Å². The highest BCUT2D eigenvalue weighted by atomic mass is 16.5. The number of hydrogen-bond acceptors (Lipinski definition) is 5. The Bertz CT molecular complexity index is 1410. The minimum atomic E-state index is -0.663. The number of aliphatic hydroxyl groups excluding tert-OH is 2. The van der Waals surface area contributed by atoms with Crippen LogP contribution in [0, 0.1) is 0 Å². The Labute approximate surface area is 564 Å². The van der Waals surface area contributed by atoms with Gasteiger partial charge in [-0.3, -0.25) is 9.59 Å². The van der Waals surface area contributed by atoms with Gasteiger partial charge in [-0.15, -0.1) is 0 Å². The van der Waals surface area contributed by atoms with Gasteiger partial charge in [0.2, 0.25) is 5.91 Å². The van der Waals surface area contributed by atoms with Crippen LogP contribution >= 0.6 is 0 Å². The van der Waals surface area contributed by atoms with Crippen molar-refractivity contribution in [3.8, 4) is 0 Å². The Morgan fingerprint density at radius 3 is 0.844 bits per heavy atom. The van der Waals surface area contributed by atoms with Crippen molar-refractivity contribution < 1.29 is 24.5 Å². The number of aliphatic hydroxyl groups is 2. The van der Waals surface area contributed by atoms with Gasteiger partial charge in [-0.1, -0.05) is 430 Å². The number of hydrogen-bond donors (Lipinski definition) is 3. The molecule has 2 atom stereocenters. The molecule has 0 saturated heterocycles. The van der Waals surface area contributed by atoms with Crippen molar-refractivity contribution in [1.82, 2.24) is 5.32 Å². The van der Waals surface area contributed by atoms with E-state index in [-0.39, 0.29) is 18.5 Å². The molecular formula is C84H163NO5. The fraction of sp³-hybridized carbons (Fsp3) is 0.929. The van der Waals surface area contributed by atoms with Crippen LogP contribution in [0.2, 0.25) is 0 Å². The van der Waals surface area contributed by atoms with Crippen molar-refractivity contribution in [2.45, 2.75) is 488 Å². The number of rotatable bonds is 79. The summed E-state index contributed by atoms with van der Waals surface area (Å²) in [5.74, 6) is -0.00309. The van der Waals surface area contributed by atoms with Gasteiger partial charge in [0.15, 0.2) is 0 Å². The summed E-state index contributed by atoms with van der Waals surface area (Å²) >= 11 is 0. The maximum atomic E-state index is 12.5. The van der Waals surface area contributed by atoms with E-state index in [2.05, 4.69) is 43.5 Å². The molecule has 534 valence electrons. The third-order valence-corrected chi connectivity index (χ3v) is 19.8. The van der Waals surface area contributed by atoms with Gasteiger partial charge in [0.1, 0.15) is 0 Å². The Kier molecular flexibility index (Phi) is 78.3. The number of esters is 1. The summed E-state index contributed by atoms with van der Waals surface area (Å²) in [6, 6.07) is -0.540. The van der Waals surface area contributed by atoms with Crippen LogP contribution in [0.25, 0.3) is 0 Å². The number of carbonyl (C=O) groups excluding carboxylic acids is 2. The molecule has 0 aromatic heterocycles. The third-order valence-electron chi connectivity index (χ3n) is 19.8. The van der Waals surface area contributed by atoms with Crippen LogP contribution in [0.3, 0.4) is 0 Å². The number of carbonyl (C=O) groups is 2. The first-order valence-electron chi connectivity index (χ1n) is 41.6. The maximum absolute atomic E-state index is 12.5. The molecule has 0 aromatic rings. The highest BCUT2D eigenvalue weighted by Gasteiger charge is 2.20. The molecule has 1 amide bonds. The molecule has 0 saturated carbocycles. The number of amides is 1. The van der Waals surface area contributed by atoms with Gasteiger partial charge >= 0.3 is 5.97 Å². The smallest absolute Gasteiger partial charge is 0.305 e. The summed E-state index contributed by atoms with van der Waals surface area (Å²) in [4.78, 5) is 24.7. The first-order valence-corrected chi connectivity index (χ1v) is 41.6. The summed E-state index contributed by atoms with van der Waals surface area (Å²) in [5.41, 5.74) is 0. The van der Waals surface area contributed by atoms with E-state index in [1.165, 1.54) is 398 Å². The van der Waals surface area contributed by atoms with Gasteiger partial charge in [0.05, 0.1) is 25.4 Å². The predicted molar refractivity (Wildman–Crippen MR) is 398 cm³/mol. The molecule has 0 spiro atoms. The number of unbranched alkanes of at least 4 members (excludes halogenated alkanes) is 64. The Morgan fingerprint density at radius 2 is 0.556 bits per heavy atom. The number of allylic oxidation sites excluding steroid dienone is 4. The SMILES string of the molecule is CCCCCCCCCCCCCCCCCCCCCC(=O)OCCCCCCCCCCCCCCC/C=C\C/C=C\CCCCCCCCCCCCCCCCCCCC(=O)NC(CO)C(O)CCCCCCCCCCCCCCCCCCC. The zero-order chi connectivity index (χ0) is 64.9. The monoisotopic (exact) mass is 1270 g/mol. The van der Waals surface area contributed by atoms with Crippen molar-refractivity contribution in [1.29, 1.82) is 0 Å². The van der Waals surface area contributed by atoms with Gasteiger partial charge < -0.3 is 20.3 Å². The largest absolute Gasteiger partial charge is 0.466 e. The molecule has 0 rings (SSSR count). The summed E-state index contributed by atoms with van der Waals surface area (Å²) in [6.07, 6.45) is 103. The lowest BCUT2D eigenvalue weighted by Crippen LogP contribution is -2.45. The lowest BCUT2D eigenvalue weighted by Gasteiger charge is -2.22. The van der Waals surface area contributed by atoms with Crippen LogP contribution in [-0.2, 0) is 14.3 Å². The quantitative estimate of drug-likeness (QED) is 0.0320. The molecule has 0 bridgehead atoms. The van der Waals surface area contributed by atoms with Crippen LogP contribution < -0.4 is 5.32 Å². The second-order valence-corrected chi connectivity index (χ2v) is 28.8. The van der Waals surface area contributed by atoms with Crippen LogP contribution in [0.1, 0.15) is 476 Å². The summed E-state index contributed by atoms with van der Waals surface area (Å²) in [7, 11) is 0. The minimum absolute atomic E-state index is 0.0247. The molecule has 0 aliphatic carbocycles. The minimum Gasteiger partial charge on any atom is -0.466 e. The highest BCUT2D eigenvalue weighted by molar-refractivity contribution is 5.76. The van der Waals surface area contributed by atoms with Crippen LogP contribution in [0.15, 0.2) is 24.3 Å². The lowest BCUT2D eigenvalue weighted by molar-refractivity contribution is -0.143. The number of ether oxygens (including phenoxy) is 1. The van der Waals surface area contributed by atoms with Gasteiger partial charge in [0, 0.05) is 12.8 Å². The Morgan fingerprint density at radius 1 is 0.311 bits per heavy atom. The first-order chi connectivity index (χ1) is 44.5. The second-order valence-electron chi connectivity index (χ2n) is 28.8. The molecule has 0 aliphatic rings. The average molecular weight is 1270 g/mol. The van der Waals surface area contributed by atoms with Crippen molar-refractivity contribution in [3.05, 3.63) is 24.3 Å². The summed E-state index contributed by atoms with van der Waals surface area (Å²) in [6.45, 7) is 5.01. The molecule has 6 nitrogen and oxygen atoms in total. The van der Waals surface area contributed by atoms with Crippen molar-refractivity contribution in [3.63, 3.8) is 0 Å². The topological polar surface area (TPSA) is 95.9 Å². The van der Waals surface area contributed by atoms with Crippen molar-refractivity contribution in [2.75, 3.05) is 13.2 Å². The third kappa shape index (κ3) is 75.4. The van der Waals surface area contributed by atoms with E-state index in [1.54, 1.807) is 0 Å². The molecule has 0 aromatic carbocycles. The highest BCUT2D eigenvalue weighted by Crippen LogP contribution is 2.20. The Balaban J connectivity index is 3.34. The average Bonchev–Trinajstić information content (AvgIpc) is 3.60. The van der Waals surface area contributed by atoms with Gasteiger partial charge in [-0.2, -0.15) is 0 Å². The summed E-state index contributed by atoms with van der Waals surface area (Å²) in [5, 5.41) is 23.4. The van der Waals surface area contributed by atoms with E-state index in [0.717, 1.165) is 44.9 Å². The maximum Gasteiger partial charge on any atom is 0.305 e. The Hall–Kier alpha value is -1.66. The van der Waals surface area contributed by atoms with Gasteiger partial charge in [-0.05, 0) is 57.8 Å². The molecule has 90 heavy (non-hydrogen) atoms. The van der Waals surface area contributed by atoms with Gasteiger partial charge in [0.25, 0.3) is 0 Å². The predicted octanol–water partition coefficient (Wildman–Crippen LogP) is 27.6. The zero-order valence-electron chi connectivity index (χ0n) is 61.4. The van der Waals surface area contributed by atoms with E-state index < -0.39 is 12.1 Å². The van der Waals surface area contributed by atoms with Crippen LogP contribution in [-0.4, -0.2) is 47.4 Å². The van der Waals surface area contributed by atoms with Gasteiger partial charge in [-0.25, -0.2) is 0 Å². The molecule has 0 fully saturated rings. The number of nitrogens with one attached hydrogen (secondary N) is 1. The van der Waals surface area contributed by atoms with E-state index in [0.29, 0.717) is 25.9 Å². The molecule has 0 heterocycles. The van der Waals surface area contributed by atoms with Crippen molar-refractivity contribution >= 4 is 11.9 Å². The molecule has 2 unspecified atom stereocenters. The van der Waals surface area contributed by atoms with Crippen LogP contribution in [0.4, 0.5) is 0 Å². The van der Waals surface area contributed by atoms with E-state index in [1.807, 2.05) is 0 Å². The fourth-order valence-corrected chi connectivity index (χ4v) is 13.4. The van der Waals surface area contributed by atoms with Crippen molar-refractivity contribution in [2.24, 2.45) is 0 Å². The lowest BCUT2D eigenvalue weighted by atomic mass is 10.0. The normalized spacial score (nSPS) is 12.5.